The monoisotopic (exact) mass is 251 g/mol. The van der Waals surface area contributed by atoms with Crippen molar-refractivity contribution < 1.29 is 9.84 Å². The number of hydrogen-bond acceptors (Lipinski definition) is 3. The molecule has 1 atom stereocenters. The van der Waals surface area contributed by atoms with Crippen LogP contribution in [0.5, 0.6) is 5.75 Å². The molecular weight excluding hydrogens is 226 g/mol. The Labute approximate surface area is 110 Å². The molecule has 0 saturated heterocycles. The van der Waals surface area contributed by atoms with Crippen molar-refractivity contribution in [3.63, 3.8) is 0 Å². The fourth-order valence-corrected chi connectivity index (χ4v) is 2.10. The van der Waals surface area contributed by atoms with E-state index >= 15 is 0 Å². The van der Waals surface area contributed by atoms with Gasteiger partial charge >= 0.3 is 0 Å². The first-order chi connectivity index (χ1) is 8.45. The van der Waals surface area contributed by atoms with Crippen LogP contribution in [0.2, 0.25) is 0 Å². The van der Waals surface area contributed by atoms with Crippen LogP contribution >= 0.6 is 0 Å². The van der Waals surface area contributed by atoms with Gasteiger partial charge in [0.05, 0.1) is 7.11 Å². The Kier molecular flexibility index (Phi) is 5.17. The molecule has 0 aliphatic rings. The number of likely N-dealkylation sites (N-methyl/N-ethyl adjacent to an activating group) is 1. The van der Waals surface area contributed by atoms with Gasteiger partial charge in [0, 0.05) is 6.54 Å². The quantitative estimate of drug-likeness (QED) is 0.816. The molecule has 0 heterocycles. The second-order valence-corrected chi connectivity index (χ2v) is 5.04. The number of aryl methyl sites for hydroxylation is 1. The number of aliphatic hydroxyl groups is 1. The van der Waals surface area contributed by atoms with Crippen LogP contribution in [0.25, 0.3) is 0 Å². The minimum Gasteiger partial charge on any atom is -0.496 e. The zero-order chi connectivity index (χ0) is 13.8. The highest BCUT2D eigenvalue weighted by molar-refractivity contribution is 5.38. The van der Waals surface area contributed by atoms with Crippen LogP contribution in [0, 0.1) is 12.8 Å². The third-order valence-corrected chi connectivity index (χ3v) is 3.49. The molecule has 102 valence electrons. The van der Waals surface area contributed by atoms with Crippen molar-refractivity contribution >= 4 is 0 Å². The fourth-order valence-electron chi connectivity index (χ4n) is 2.10. The van der Waals surface area contributed by atoms with E-state index in [1.807, 2.05) is 45.9 Å². The van der Waals surface area contributed by atoms with Gasteiger partial charge in [0.25, 0.3) is 0 Å². The van der Waals surface area contributed by atoms with Gasteiger partial charge in [-0.2, -0.15) is 0 Å². The predicted octanol–water partition coefficient (Wildman–Crippen LogP) is 2.46. The first-order valence-corrected chi connectivity index (χ1v) is 6.54. The topological polar surface area (TPSA) is 41.5 Å². The van der Waals surface area contributed by atoms with Gasteiger partial charge < -0.3 is 15.2 Å². The molecule has 1 unspecified atom stereocenters. The molecule has 0 aliphatic heterocycles. The Morgan fingerprint density at radius 3 is 2.50 bits per heavy atom. The van der Waals surface area contributed by atoms with Crippen LogP contribution in [0.3, 0.4) is 0 Å². The Balaban J connectivity index is 3.09. The summed E-state index contributed by atoms with van der Waals surface area (Å²) in [5, 5.41) is 14.1. The number of ether oxygens (including phenoxy) is 1. The van der Waals surface area contributed by atoms with E-state index in [-0.39, 0.29) is 5.92 Å². The fraction of sp³-hybridized carbons (Fsp3) is 0.600. The first kappa shape index (κ1) is 15.0. The second-order valence-electron chi connectivity index (χ2n) is 5.04. The molecule has 2 N–H and O–H groups in total. The SMILES string of the molecule is CCNCC(O)(c1ccc(OC)c(C)c1)C(C)C. The van der Waals surface area contributed by atoms with Crippen molar-refractivity contribution in [2.75, 3.05) is 20.2 Å². The molecule has 1 aromatic carbocycles. The van der Waals surface area contributed by atoms with Crippen molar-refractivity contribution in [1.82, 2.24) is 5.32 Å². The van der Waals surface area contributed by atoms with Crippen molar-refractivity contribution in [3.8, 4) is 5.75 Å². The van der Waals surface area contributed by atoms with Crippen LogP contribution in [0.4, 0.5) is 0 Å². The van der Waals surface area contributed by atoms with Crippen LogP contribution < -0.4 is 10.1 Å². The molecule has 0 fully saturated rings. The van der Waals surface area contributed by atoms with Gasteiger partial charge in [-0.3, -0.25) is 0 Å². The van der Waals surface area contributed by atoms with E-state index in [9.17, 15) is 5.11 Å². The molecule has 0 aromatic heterocycles. The minimum atomic E-state index is -0.840. The van der Waals surface area contributed by atoms with Gasteiger partial charge in [-0.25, -0.2) is 0 Å². The number of hydrogen-bond donors (Lipinski definition) is 2. The van der Waals surface area contributed by atoms with Crippen LogP contribution in [-0.2, 0) is 5.60 Å². The van der Waals surface area contributed by atoms with Crippen molar-refractivity contribution in [3.05, 3.63) is 29.3 Å². The van der Waals surface area contributed by atoms with E-state index in [2.05, 4.69) is 5.32 Å². The maximum absolute atomic E-state index is 10.9. The lowest BCUT2D eigenvalue weighted by Crippen LogP contribution is -2.42. The average molecular weight is 251 g/mol. The van der Waals surface area contributed by atoms with Crippen LogP contribution in [-0.4, -0.2) is 25.3 Å². The summed E-state index contributed by atoms with van der Waals surface area (Å²) in [4.78, 5) is 0. The smallest absolute Gasteiger partial charge is 0.121 e. The first-order valence-electron chi connectivity index (χ1n) is 6.54. The Hall–Kier alpha value is -1.06. The number of rotatable bonds is 6. The number of benzene rings is 1. The maximum atomic E-state index is 10.9. The van der Waals surface area contributed by atoms with E-state index in [0.717, 1.165) is 23.4 Å². The molecule has 3 heteroatoms. The summed E-state index contributed by atoms with van der Waals surface area (Å²) in [5.41, 5.74) is 1.15. The Morgan fingerprint density at radius 2 is 2.06 bits per heavy atom. The molecule has 18 heavy (non-hydrogen) atoms. The lowest BCUT2D eigenvalue weighted by molar-refractivity contribution is -0.00883. The molecule has 1 rings (SSSR count). The van der Waals surface area contributed by atoms with Crippen LogP contribution in [0.15, 0.2) is 18.2 Å². The lowest BCUT2D eigenvalue weighted by Gasteiger charge is -2.33. The largest absolute Gasteiger partial charge is 0.496 e. The molecule has 3 nitrogen and oxygen atoms in total. The minimum absolute atomic E-state index is 0.143. The van der Waals surface area contributed by atoms with Crippen molar-refractivity contribution in [2.45, 2.75) is 33.3 Å². The summed E-state index contributed by atoms with van der Waals surface area (Å²) in [5.74, 6) is 0.998. The van der Waals surface area contributed by atoms with Gasteiger partial charge in [0.2, 0.25) is 0 Å². The molecule has 0 bridgehead atoms. The summed E-state index contributed by atoms with van der Waals surface area (Å²) >= 11 is 0. The van der Waals surface area contributed by atoms with E-state index < -0.39 is 5.60 Å². The summed E-state index contributed by atoms with van der Waals surface area (Å²) in [6, 6.07) is 5.88. The Morgan fingerprint density at radius 1 is 1.39 bits per heavy atom. The van der Waals surface area contributed by atoms with E-state index in [4.69, 9.17) is 4.74 Å². The highest BCUT2D eigenvalue weighted by Crippen LogP contribution is 2.31. The van der Waals surface area contributed by atoms with Crippen LogP contribution in [0.1, 0.15) is 31.9 Å². The summed E-state index contributed by atoms with van der Waals surface area (Å²) in [6.07, 6.45) is 0. The Bertz CT molecular complexity index is 390. The lowest BCUT2D eigenvalue weighted by atomic mass is 9.82. The highest BCUT2D eigenvalue weighted by Gasteiger charge is 2.32. The third kappa shape index (κ3) is 3.03. The van der Waals surface area contributed by atoms with Gasteiger partial charge in [-0.15, -0.1) is 0 Å². The maximum Gasteiger partial charge on any atom is 0.121 e. The molecule has 0 radical (unpaired) electrons. The second kappa shape index (κ2) is 6.21. The molecule has 0 spiro atoms. The average Bonchev–Trinajstić information content (AvgIpc) is 2.35. The van der Waals surface area contributed by atoms with Crippen molar-refractivity contribution in [2.24, 2.45) is 5.92 Å². The van der Waals surface area contributed by atoms with Gasteiger partial charge in [-0.05, 0) is 42.6 Å². The summed E-state index contributed by atoms with van der Waals surface area (Å²) in [6.45, 7) is 9.53. The predicted molar refractivity (Wildman–Crippen MR) is 75.0 cm³/mol. The zero-order valence-corrected chi connectivity index (χ0v) is 12.1. The third-order valence-electron chi connectivity index (χ3n) is 3.49. The summed E-state index contributed by atoms with van der Waals surface area (Å²) in [7, 11) is 1.66. The van der Waals surface area contributed by atoms with Gasteiger partial charge in [0.15, 0.2) is 0 Å². The molecular formula is C15H25NO2. The van der Waals surface area contributed by atoms with E-state index in [1.54, 1.807) is 7.11 Å². The van der Waals surface area contributed by atoms with Gasteiger partial charge in [0.1, 0.15) is 11.4 Å². The zero-order valence-electron chi connectivity index (χ0n) is 12.1. The van der Waals surface area contributed by atoms with E-state index in [1.165, 1.54) is 0 Å². The number of nitrogens with one attached hydrogen (secondary N) is 1. The normalized spacial score (nSPS) is 14.6. The molecule has 0 saturated carbocycles. The standard InChI is InChI=1S/C15H25NO2/c1-6-16-10-15(17,11(2)3)13-7-8-14(18-5)12(4)9-13/h7-9,11,16-17H,6,10H2,1-5H3. The molecule has 1 aromatic rings. The summed E-state index contributed by atoms with van der Waals surface area (Å²) < 4.78 is 5.26. The van der Waals surface area contributed by atoms with Gasteiger partial charge in [-0.1, -0.05) is 26.8 Å². The number of methoxy groups -OCH3 is 1. The van der Waals surface area contributed by atoms with E-state index in [0.29, 0.717) is 6.54 Å². The van der Waals surface area contributed by atoms with Crippen molar-refractivity contribution in [1.29, 1.82) is 0 Å². The molecule has 0 aliphatic carbocycles. The highest BCUT2D eigenvalue weighted by atomic mass is 16.5. The molecule has 0 amide bonds.